The molecule has 1 unspecified atom stereocenters. The molecule has 164 valence electrons. The molecular weight excluding hydrogens is 425 g/mol. The summed E-state index contributed by atoms with van der Waals surface area (Å²) < 4.78 is 27.8. The highest BCUT2D eigenvalue weighted by molar-refractivity contribution is 6.33. The lowest BCUT2D eigenvalue weighted by molar-refractivity contribution is 0.0719. The van der Waals surface area contributed by atoms with Gasteiger partial charge in [-0.25, -0.2) is 9.37 Å². The summed E-state index contributed by atoms with van der Waals surface area (Å²) in [6.07, 6.45) is 3.10. The third kappa shape index (κ3) is 3.56. The quantitative estimate of drug-likeness (QED) is 0.450. The molecule has 0 amide bonds. The molecule has 0 aliphatic carbocycles. The molecule has 0 spiro atoms. The zero-order valence-corrected chi connectivity index (χ0v) is 18.6. The predicted molar refractivity (Wildman–Crippen MR) is 116 cm³/mol. The van der Waals surface area contributed by atoms with E-state index >= 15 is 4.39 Å². The fourth-order valence-corrected chi connectivity index (χ4v) is 3.96. The normalized spacial score (nSPS) is 12.8. The number of nitrogens with zero attached hydrogens (tertiary/aromatic N) is 5. The summed E-state index contributed by atoms with van der Waals surface area (Å²) in [7, 11) is 8.71. The van der Waals surface area contributed by atoms with E-state index in [2.05, 4.69) is 25.4 Å². The van der Waals surface area contributed by atoms with E-state index in [0.717, 1.165) is 5.56 Å². The van der Waals surface area contributed by atoms with Crippen molar-refractivity contribution >= 4 is 22.5 Å². The Kier molecular flexibility index (Phi) is 5.69. The lowest BCUT2D eigenvalue weighted by atomic mass is 10.0. The van der Waals surface area contributed by atoms with Crippen molar-refractivity contribution in [3.05, 3.63) is 35.1 Å². The van der Waals surface area contributed by atoms with Crippen LogP contribution in [0.5, 0.6) is 5.75 Å². The Morgan fingerprint density at radius 1 is 1.32 bits per heavy atom. The zero-order valence-electron chi connectivity index (χ0n) is 17.8. The van der Waals surface area contributed by atoms with Gasteiger partial charge >= 0.3 is 0 Å². The van der Waals surface area contributed by atoms with Crippen LogP contribution >= 0.6 is 11.6 Å². The van der Waals surface area contributed by atoms with Crippen molar-refractivity contribution < 1.29 is 13.9 Å². The van der Waals surface area contributed by atoms with Crippen molar-refractivity contribution in [3.63, 3.8) is 0 Å². The van der Waals surface area contributed by atoms with Gasteiger partial charge in [0.25, 0.3) is 0 Å². The summed E-state index contributed by atoms with van der Waals surface area (Å²) in [5.41, 5.74) is 2.40. The number of hydrogen-bond donors (Lipinski definition) is 2. The molecule has 11 heteroatoms. The highest BCUT2D eigenvalue weighted by Gasteiger charge is 2.27. The molecule has 2 N–H and O–H groups in total. The number of aromatic amines is 2. The number of fused-ring (bicyclic) bond motifs is 1. The Labute approximate surface area is 183 Å². The van der Waals surface area contributed by atoms with Gasteiger partial charge < -0.3 is 18.9 Å². The molecule has 4 rings (SSSR count). The molecule has 0 saturated heterocycles. The summed E-state index contributed by atoms with van der Waals surface area (Å²) in [6.45, 7) is 0.621. The van der Waals surface area contributed by atoms with Gasteiger partial charge in [-0.2, -0.15) is 10.2 Å². The fourth-order valence-electron chi connectivity index (χ4n) is 3.74. The first-order valence-electron chi connectivity index (χ1n) is 9.51. The molecule has 0 saturated carbocycles. The smallest absolute Gasteiger partial charge is 0.198 e. The summed E-state index contributed by atoms with van der Waals surface area (Å²) >= 11 is 6.20. The number of likely N-dealkylation sites (N-methyl/N-ethyl adjacent to an activating group) is 1. The SMILES string of the molecule is COc1cc2c(-c3cn[nH]c3)c(-c3n[nH]c(C(CN(C)C)OC)n3)n(C)c2c(F)c1Cl. The van der Waals surface area contributed by atoms with E-state index in [1.165, 1.54) is 7.11 Å². The van der Waals surface area contributed by atoms with Crippen LogP contribution in [0.1, 0.15) is 11.9 Å². The van der Waals surface area contributed by atoms with Crippen LogP contribution in [0.4, 0.5) is 4.39 Å². The number of halogens is 2. The molecule has 1 aromatic carbocycles. The molecule has 31 heavy (non-hydrogen) atoms. The van der Waals surface area contributed by atoms with E-state index in [1.54, 1.807) is 37.2 Å². The number of rotatable bonds is 7. The first kappa shape index (κ1) is 21.3. The average molecular weight is 448 g/mol. The molecular formula is C20H23ClFN7O2. The third-order valence-electron chi connectivity index (χ3n) is 5.17. The Balaban J connectivity index is 1.98. The highest BCUT2D eigenvalue weighted by atomic mass is 35.5. The molecule has 4 aromatic rings. The maximum absolute atomic E-state index is 15.3. The molecule has 3 aromatic heterocycles. The number of ether oxygens (including phenoxy) is 2. The van der Waals surface area contributed by atoms with Gasteiger partial charge in [-0.05, 0) is 20.2 Å². The number of H-pyrrole nitrogens is 2. The van der Waals surface area contributed by atoms with E-state index in [4.69, 9.17) is 21.1 Å². The van der Waals surface area contributed by atoms with Gasteiger partial charge in [-0.3, -0.25) is 10.2 Å². The number of hydrogen-bond acceptors (Lipinski definition) is 6. The van der Waals surface area contributed by atoms with Crippen molar-refractivity contribution in [2.75, 3.05) is 34.9 Å². The lowest BCUT2D eigenvalue weighted by Crippen LogP contribution is -2.22. The van der Waals surface area contributed by atoms with Crippen LogP contribution < -0.4 is 4.74 Å². The van der Waals surface area contributed by atoms with Crippen LogP contribution in [0.15, 0.2) is 18.5 Å². The second kappa shape index (κ2) is 8.29. The van der Waals surface area contributed by atoms with Gasteiger partial charge in [-0.1, -0.05) is 11.6 Å². The second-order valence-electron chi connectivity index (χ2n) is 7.40. The van der Waals surface area contributed by atoms with Gasteiger partial charge in [0.1, 0.15) is 16.9 Å². The summed E-state index contributed by atoms with van der Waals surface area (Å²) in [4.78, 5) is 6.66. The zero-order chi connectivity index (χ0) is 22.3. The van der Waals surface area contributed by atoms with Crippen LogP contribution in [0.3, 0.4) is 0 Å². The predicted octanol–water partition coefficient (Wildman–Crippen LogP) is 3.40. The largest absolute Gasteiger partial charge is 0.495 e. The number of benzene rings is 1. The van der Waals surface area contributed by atoms with Crippen molar-refractivity contribution in [1.82, 2.24) is 34.8 Å². The Bertz CT molecular complexity index is 1220. The molecule has 0 aliphatic heterocycles. The molecule has 3 heterocycles. The van der Waals surface area contributed by atoms with Gasteiger partial charge in [0.05, 0.1) is 24.5 Å². The standard InChI is InChI=1S/C20H23ClFN7O2/c1-28(2)9-13(31-5)19-25-20(27-26-19)18-14(10-7-23-24-8-10)11-6-12(30-4)15(21)16(22)17(11)29(18)3/h6-8,13H,9H2,1-5H3,(H,23,24)(H,25,26,27). The second-order valence-corrected chi connectivity index (χ2v) is 7.78. The van der Waals surface area contributed by atoms with Gasteiger partial charge in [0.2, 0.25) is 0 Å². The minimum atomic E-state index is -0.576. The van der Waals surface area contributed by atoms with E-state index < -0.39 is 5.82 Å². The van der Waals surface area contributed by atoms with Gasteiger partial charge in [-0.15, -0.1) is 0 Å². The molecule has 0 fully saturated rings. The molecule has 9 nitrogen and oxygen atoms in total. The molecule has 0 radical (unpaired) electrons. The van der Waals surface area contributed by atoms with Gasteiger partial charge in [0, 0.05) is 43.4 Å². The van der Waals surface area contributed by atoms with Crippen molar-refractivity contribution in [2.24, 2.45) is 7.05 Å². The van der Waals surface area contributed by atoms with E-state index in [1.807, 2.05) is 19.0 Å². The fraction of sp³-hybridized carbons (Fsp3) is 0.350. The average Bonchev–Trinajstić information content (AvgIpc) is 3.47. The maximum Gasteiger partial charge on any atom is 0.198 e. The Morgan fingerprint density at radius 3 is 2.71 bits per heavy atom. The molecule has 0 aliphatic rings. The van der Waals surface area contributed by atoms with Crippen LogP contribution in [0, 0.1) is 5.82 Å². The minimum absolute atomic E-state index is 0.0815. The number of aromatic nitrogens is 6. The van der Waals surface area contributed by atoms with E-state index in [9.17, 15) is 0 Å². The maximum atomic E-state index is 15.3. The summed E-state index contributed by atoms with van der Waals surface area (Å²) in [5, 5.41) is 14.8. The number of aryl methyl sites for hydroxylation is 1. The van der Waals surface area contributed by atoms with Crippen LogP contribution in [-0.2, 0) is 11.8 Å². The summed E-state index contributed by atoms with van der Waals surface area (Å²) in [5.74, 6) is 0.646. The number of nitrogens with one attached hydrogen (secondary N) is 2. The third-order valence-corrected chi connectivity index (χ3v) is 5.52. The summed E-state index contributed by atoms with van der Waals surface area (Å²) in [6, 6.07) is 1.71. The van der Waals surface area contributed by atoms with Crippen molar-refractivity contribution in [2.45, 2.75) is 6.10 Å². The first-order chi connectivity index (χ1) is 14.9. The monoisotopic (exact) mass is 447 g/mol. The topological polar surface area (TPSA) is 96.9 Å². The number of methoxy groups -OCH3 is 2. The van der Waals surface area contributed by atoms with Crippen LogP contribution in [0.2, 0.25) is 5.02 Å². The lowest BCUT2D eigenvalue weighted by Gasteiger charge is -2.16. The molecule has 0 bridgehead atoms. The van der Waals surface area contributed by atoms with E-state index in [-0.39, 0.29) is 16.9 Å². The Hall–Kier alpha value is -2.95. The van der Waals surface area contributed by atoms with Crippen LogP contribution in [0.25, 0.3) is 33.5 Å². The van der Waals surface area contributed by atoms with Crippen LogP contribution in [-0.4, -0.2) is 69.7 Å². The minimum Gasteiger partial charge on any atom is -0.495 e. The van der Waals surface area contributed by atoms with Crippen molar-refractivity contribution in [3.8, 4) is 28.4 Å². The van der Waals surface area contributed by atoms with E-state index in [0.29, 0.717) is 40.4 Å². The van der Waals surface area contributed by atoms with Gasteiger partial charge in [0.15, 0.2) is 17.5 Å². The van der Waals surface area contributed by atoms with Crippen molar-refractivity contribution in [1.29, 1.82) is 0 Å². The highest BCUT2D eigenvalue weighted by Crippen LogP contribution is 2.44. The first-order valence-corrected chi connectivity index (χ1v) is 9.88. The Morgan fingerprint density at radius 2 is 2.10 bits per heavy atom. The molecule has 1 atom stereocenters.